The lowest BCUT2D eigenvalue weighted by molar-refractivity contribution is -0.134. The maximum atomic E-state index is 13.1. The molecule has 1 aliphatic heterocycles. The van der Waals surface area contributed by atoms with Crippen LogP contribution in [0.25, 0.3) is 0 Å². The summed E-state index contributed by atoms with van der Waals surface area (Å²) in [6, 6.07) is 14.7. The molecule has 1 aromatic heterocycles. The van der Waals surface area contributed by atoms with E-state index in [2.05, 4.69) is 46.4 Å². The van der Waals surface area contributed by atoms with E-state index in [0.29, 0.717) is 19.0 Å². The van der Waals surface area contributed by atoms with E-state index >= 15 is 0 Å². The minimum absolute atomic E-state index is 0. The summed E-state index contributed by atoms with van der Waals surface area (Å²) in [6.07, 6.45) is 6.36. The Labute approximate surface area is 168 Å². The van der Waals surface area contributed by atoms with Gasteiger partial charge >= 0.3 is 0 Å². The molecule has 1 atom stereocenters. The Hall–Kier alpha value is -1.91. The summed E-state index contributed by atoms with van der Waals surface area (Å²) in [6.45, 7) is 4.73. The topological polar surface area (TPSA) is 45.2 Å². The molecule has 1 fully saturated rings. The lowest BCUT2D eigenvalue weighted by Crippen LogP contribution is -2.40. The van der Waals surface area contributed by atoms with Crippen LogP contribution in [0, 0.1) is 6.92 Å². The zero-order chi connectivity index (χ0) is 18.2. The van der Waals surface area contributed by atoms with Crippen LogP contribution in [-0.2, 0) is 17.8 Å². The Kier molecular flexibility index (Phi) is 8.76. The van der Waals surface area contributed by atoms with Crippen molar-refractivity contribution in [3.63, 3.8) is 0 Å². The normalized spacial score (nSPS) is 16.9. The smallest absolute Gasteiger partial charge is 0.223 e. The third-order valence-corrected chi connectivity index (χ3v) is 5.07. The maximum absolute atomic E-state index is 13.1. The van der Waals surface area contributed by atoms with Gasteiger partial charge in [-0.25, -0.2) is 0 Å². The SMILES string of the molecule is Cc1cccc(CCC(=O)N(Cc2ccccn2)C2CCCNCC2)c1.Cl. The van der Waals surface area contributed by atoms with Gasteiger partial charge < -0.3 is 10.2 Å². The molecule has 0 aliphatic carbocycles. The molecule has 0 radical (unpaired) electrons. The molecule has 1 aliphatic rings. The molecule has 1 aromatic carbocycles. The van der Waals surface area contributed by atoms with Gasteiger partial charge in [-0.15, -0.1) is 12.4 Å². The van der Waals surface area contributed by atoms with Crippen molar-refractivity contribution in [2.24, 2.45) is 0 Å². The number of pyridine rings is 1. The lowest BCUT2D eigenvalue weighted by Gasteiger charge is -2.31. The van der Waals surface area contributed by atoms with Crippen LogP contribution in [0.4, 0.5) is 0 Å². The first-order chi connectivity index (χ1) is 12.7. The van der Waals surface area contributed by atoms with E-state index in [-0.39, 0.29) is 18.3 Å². The van der Waals surface area contributed by atoms with Crippen molar-refractivity contribution < 1.29 is 4.79 Å². The number of nitrogens with one attached hydrogen (secondary N) is 1. The molecule has 3 rings (SSSR count). The van der Waals surface area contributed by atoms with Gasteiger partial charge in [0, 0.05) is 18.7 Å². The van der Waals surface area contributed by atoms with Gasteiger partial charge in [-0.3, -0.25) is 9.78 Å². The van der Waals surface area contributed by atoms with Crippen LogP contribution in [0.2, 0.25) is 0 Å². The number of hydrogen-bond donors (Lipinski definition) is 1. The zero-order valence-electron chi connectivity index (χ0n) is 16.1. The van der Waals surface area contributed by atoms with Gasteiger partial charge in [0.15, 0.2) is 0 Å². The Balaban J connectivity index is 0.00000261. The van der Waals surface area contributed by atoms with Crippen molar-refractivity contribution in [3.05, 3.63) is 65.5 Å². The number of halogens is 1. The molecule has 1 N–H and O–H groups in total. The minimum Gasteiger partial charge on any atom is -0.334 e. The van der Waals surface area contributed by atoms with Crippen LogP contribution < -0.4 is 5.32 Å². The molecule has 1 amide bonds. The largest absolute Gasteiger partial charge is 0.334 e. The number of nitrogens with zero attached hydrogens (tertiary/aromatic N) is 2. The van der Waals surface area contributed by atoms with Gasteiger partial charge in [-0.1, -0.05) is 35.9 Å². The maximum Gasteiger partial charge on any atom is 0.223 e. The molecular weight excluding hydrogens is 358 g/mol. The second-order valence-electron chi connectivity index (χ2n) is 7.17. The number of rotatable bonds is 6. The zero-order valence-corrected chi connectivity index (χ0v) is 16.9. The molecule has 27 heavy (non-hydrogen) atoms. The molecular formula is C22H30ClN3O. The van der Waals surface area contributed by atoms with E-state index in [1.54, 1.807) is 6.20 Å². The van der Waals surface area contributed by atoms with Crippen molar-refractivity contribution >= 4 is 18.3 Å². The first-order valence-electron chi connectivity index (χ1n) is 9.68. The fourth-order valence-electron chi connectivity index (χ4n) is 3.66. The van der Waals surface area contributed by atoms with Crippen molar-refractivity contribution in [1.82, 2.24) is 15.2 Å². The van der Waals surface area contributed by atoms with E-state index in [4.69, 9.17) is 0 Å². The van der Waals surface area contributed by atoms with Crippen LogP contribution in [0.3, 0.4) is 0 Å². The van der Waals surface area contributed by atoms with Crippen molar-refractivity contribution in [1.29, 1.82) is 0 Å². The van der Waals surface area contributed by atoms with E-state index in [1.807, 2.05) is 18.2 Å². The van der Waals surface area contributed by atoms with E-state index in [9.17, 15) is 4.79 Å². The molecule has 146 valence electrons. The van der Waals surface area contributed by atoms with Gasteiger partial charge in [0.25, 0.3) is 0 Å². The fraction of sp³-hybridized carbons (Fsp3) is 0.455. The first-order valence-corrected chi connectivity index (χ1v) is 9.68. The fourth-order valence-corrected chi connectivity index (χ4v) is 3.66. The molecule has 1 saturated heterocycles. The number of hydrogen-bond acceptors (Lipinski definition) is 3. The second kappa shape index (κ2) is 11.1. The predicted octanol–water partition coefficient (Wildman–Crippen LogP) is 3.92. The Morgan fingerprint density at radius 2 is 2.07 bits per heavy atom. The van der Waals surface area contributed by atoms with Crippen LogP contribution in [-0.4, -0.2) is 34.9 Å². The quantitative estimate of drug-likeness (QED) is 0.817. The summed E-state index contributed by atoms with van der Waals surface area (Å²) in [5, 5.41) is 3.45. The number of amides is 1. The second-order valence-corrected chi connectivity index (χ2v) is 7.17. The standard InChI is InChI=1S/C22H29N3O.ClH/c1-18-6-4-7-19(16-18)10-11-22(26)25(17-20-8-2-3-14-24-20)21-9-5-13-23-15-12-21;/h2-4,6-8,14,16,21,23H,5,9-13,15,17H2,1H3;1H. The average Bonchev–Trinajstić information content (AvgIpc) is 2.94. The van der Waals surface area contributed by atoms with Gasteiger partial charge in [0.2, 0.25) is 5.91 Å². The highest BCUT2D eigenvalue weighted by Gasteiger charge is 2.24. The first kappa shape index (κ1) is 21.4. The van der Waals surface area contributed by atoms with Crippen LogP contribution in [0.5, 0.6) is 0 Å². The van der Waals surface area contributed by atoms with Gasteiger partial charge in [0.05, 0.1) is 12.2 Å². The van der Waals surface area contributed by atoms with Gasteiger partial charge in [-0.05, 0) is 63.4 Å². The predicted molar refractivity (Wildman–Crippen MR) is 112 cm³/mol. The van der Waals surface area contributed by atoms with Gasteiger partial charge in [-0.2, -0.15) is 0 Å². The molecule has 0 spiro atoms. The van der Waals surface area contributed by atoms with Crippen LogP contribution in [0.1, 0.15) is 42.5 Å². The molecule has 4 nitrogen and oxygen atoms in total. The number of benzene rings is 1. The Morgan fingerprint density at radius 1 is 1.19 bits per heavy atom. The number of carbonyl (C=O) groups excluding carboxylic acids is 1. The van der Waals surface area contributed by atoms with Crippen molar-refractivity contribution in [3.8, 4) is 0 Å². The summed E-state index contributed by atoms with van der Waals surface area (Å²) in [4.78, 5) is 19.6. The summed E-state index contributed by atoms with van der Waals surface area (Å²) in [7, 11) is 0. The van der Waals surface area contributed by atoms with Crippen molar-refractivity contribution in [2.45, 2.75) is 51.6 Å². The van der Waals surface area contributed by atoms with Crippen LogP contribution in [0.15, 0.2) is 48.7 Å². The van der Waals surface area contributed by atoms with E-state index in [1.165, 1.54) is 11.1 Å². The number of carbonyl (C=O) groups is 1. The third kappa shape index (κ3) is 6.64. The Bertz CT molecular complexity index is 700. The molecule has 2 aromatic rings. The number of aryl methyl sites for hydroxylation is 2. The molecule has 1 unspecified atom stereocenters. The molecule has 5 heteroatoms. The number of aromatic nitrogens is 1. The third-order valence-electron chi connectivity index (χ3n) is 5.07. The van der Waals surface area contributed by atoms with E-state index < -0.39 is 0 Å². The minimum atomic E-state index is 0. The molecule has 0 bridgehead atoms. The monoisotopic (exact) mass is 387 g/mol. The highest BCUT2D eigenvalue weighted by molar-refractivity contribution is 5.85. The summed E-state index contributed by atoms with van der Waals surface area (Å²) in [5.41, 5.74) is 3.45. The van der Waals surface area contributed by atoms with Crippen molar-refractivity contribution in [2.75, 3.05) is 13.1 Å². The Morgan fingerprint density at radius 3 is 2.85 bits per heavy atom. The van der Waals surface area contributed by atoms with E-state index in [0.717, 1.165) is 44.5 Å². The molecule has 2 heterocycles. The molecule has 0 saturated carbocycles. The summed E-state index contributed by atoms with van der Waals surface area (Å²) < 4.78 is 0. The highest BCUT2D eigenvalue weighted by atomic mass is 35.5. The lowest BCUT2D eigenvalue weighted by atomic mass is 10.0. The highest BCUT2D eigenvalue weighted by Crippen LogP contribution is 2.18. The van der Waals surface area contributed by atoms with Crippen LogP contribution >= 0.6 is 12.4 Å². The van der Waals surface area contributed by atoms with Gasteiger partial charge in [0.1, 0.15) is 0 Å². The summed E-state index contributed by atoms with van der Waals surface area (Å²) >= 11 is 0. The summed E-state index contributed by atoms with van der Waals surface area (Å²) in [5.74, 6) is 0.240. The average molecular weight is 388 g/mol.